The number of nitrogens with one attached hydrogen (secondary N) is 1. The predicted octanol–water partition coefficient (Wildman–Crippen LogP) is 4.25. The van der Waals surface area contributed by atoms with Gasteiger partial charge in [0.1, 0.15) is 11.6 Å². The number of benzene rings is 1. The Labute approximate surface area is 210 Å². The van der Waals surface area contributed by atoms with Crippen molar-refractivity contribution in [3.05, 3.63) is 48.2 Å². The summed E-state index contributed by atoms with van der Waals surface area (Å²) in [5.74, 6) is 1.60. The van der Waals surface area contributed by atoms with E-state index in [9.17, 15) is 4.79 Å². The summed E-state index contributed by atoms with van der Waals surface area (Å²) in [6, 6.07) is 12.0. The highest BCUT2D eigenvalue weighted by atomic mass is 35.5. The second kappa shape index (κ2) is 12.8. The number of hydrogen-bond acceptors (Lipinski definition) is 6. The summed E-state index contributed by atoms with van der Waals surface area (Å²) < 4.78 is 6.15. The summed E-state index contributed by atoms with van der Waals surface area (Å²) >= 11 is 0. The molecular formula is C26H40ClN5O2. The quantitative estimate of drug-likeness (QED) is 0.531. The van der Waals surface area contributed by atoms with Crippen LogP contribution in [0.5, 0.6) is 5.75 Å². The van der Waals surface area contributed by atoms with E-state index >= 15 is 0 Å². The highest BCUT2D eigenvalue weighted by molar-refractivity contribution is 5.98. The smallest absolute Gasteiger partial charge is 0.257 e. The van der Waals surface area contributed by atoms with Crippen molar-refractivity contribution < 1.29 is 9.53 Å². The van der Waals surface area contributed by atoms with Gasteiger partial charge in [-0.05, 0) is 42.6 Å². The number of carbonyl (C=O) groups is 1. The van der Waals surface area contributed by atoms with Crippen LogP contribution in [0.25, 0.3) is 0 Å². The Kier molecular flexibility index (Phi) is 10.5. The van der Waals surface area contributed by atoms with Crippen molar-refractivity contribution >= 4 is 29.8 Å². The van der Waals surface area contributed by atoms with Crippen LogP contribution in [0.2, 0.25) is 0 Å². The molecule has 34 heavy (non-hydrogen) atoms. The van der Waals surface area contributed by atoms with Gasteiger partial charge in [-0.1, -0.05) is 32.9 Å². The molecule has 0 unspecified atom stereocenters. The molecule has 0 spiro atoms. The molecule has 1 amide bonds. The summed E-state index contributed by atoms with van der Waals surface area (Å²) in [6.45, 7) is 13.1. The van der Waals surface area contributed by atoms with E-state index in [1.54, 1.807) is 31.3 Å². The number of carbonyl (C=O) groups excluding carboxylic acids is 1. The van der Waals surface area contributed by atoms with Crippen LogP contribution in [0.4, 0.5) is 11.5 Å². The molecule has 7 nitrogen and oxygen atoms in total. The van der Waals surface area contributed by atoms with Crippen molar-refractivity contribution in [3.8, 4) is 5.75 Å². The van der Waals surface area contributed by atoms with Gasteiger partial charge in [-0.25, -0.2) is 4.98 Å². The van der Waals surface area contributed by atoms with Gasteiger partial charge in [0.15, 0.2) is 0 Å². The number of anilines is 2. The molecule has 2 heterocycles. The third kappa shape index (κ3) is 8.06. The van der Waals surface area contributed by atoms with Gasteiger partial charge < -0.3 is 19.9 Å². The Hall–Kier alpha value is -2.51. The van der Waals surface area contributed by atoms with Crippen molar-refractivity contribution in [1.82, 2.24) is 14.8 Å². The van der Waals surface area contributed by atoms with E-state index in [0.717, 1.165) is 51.4 Å². The maximum absolute atomic E-state index is 12.3. The lowest BCUT2D eigenvalue weighted by molar-refractivity contribution is 0.0828. The normalized spacial score (nSPS) is 14.3. The minimum absolute atomic E-state index is 0. The van der Waals surface area contributed by atoms with E-state index < -0.39 is 0 Å². The van der Waals surface area contributed by atoms with Crippen molar-refractivity contribution in [2.24, 2.45) is 5.41 Å². The van der Waals surface area contributed by atoms with Crippen LogP contribution in [0.15, 0.2) is 42.6 Å². The Morgan fingerprint density at radius 1 is 1.09 bits per heavy atom. The number of hydrogen-bond donors (Lipinski definition) is 1. The summed E-state index contributed by atoms with van der Waals surface area (Å²) in [5.41, 5.74) is 1.94. The number of ether oxygens (including phenoxy) is 1. The maximum atomic E-state index is 12.3. The maximum Gasteiger partial charge on any atom is 0.257 e. The fourth-order valence-electron chi connectivity index (χ4n) is 3.82. The molecule has 0 atom stereocenters. The monoisotopic (exact) mass is 489 g/mol. The Balaban J connectivity index is 0.00000408. The molecule has 1 aliphatic heterocycles. The summed E-state index contributed by atoms with van der Waals surface area (Å²) in [4.78, 5) is 23.2. The topological polar surface area (TPSA) is 60.9 Å². The minimum Gasteiger partial charge on any atom is -0.491 e. The second-order valence-electron chi connectivity index (χ2n) is 10.0. The average molecular weight is 490 g/mol. The molecule has 2 aromatic rings. The molecule has 1 saturated heterocycles. The lowest BCUT2D eigenvalue weighted by Gasteiger charge is -2.37. The number of para-hydroxylation sites is 2. The van der Waals surface area contributed by atoms with Crippen molar-refractivity contribution in [2.45, 2.75) is 27.2 Å². The minimum atomic E-state index is -0.0338. The zero-order valence-corrected chi connectivity index (χ0v) is 22.0. The molecular weight excluding hydrogens is 450 g/mol. The molecule has 1 aliphatic rings. The molecule has 0 radical (unpaired) electrons. The molecule has 0 bridgehead atoms. The van der Waals surface area contributed by atoms with E-state index in [4.69, 9.17) is 4.74 Å². The van der Waals surface area contributed by atoms with E-state index in [0.29, 0.717) is 18.0 Å². The van der Waals surface area contributed by atoms with Crippen LogP contribution in [-0.2, 0) is 0 Å². The first-order valence-electron chi connectivity index (χ1n) is 11.8. The highest BCUT2D eigenvalue weighted by Gasteiger charge is 2.21. The fourth-order valence-corrected chi connectivity index (χ4v) is 3.82. The van der Waals surface area contributed by atoms with Gasteiger partial charge in [0.05, 0.1) is 17.9 Å². The van der Waals surface area contributed by atoms with Crippen molar-refractivity contribution in [1.29, 1.82) is 0 Å². The lowest BCUT2D eigenvalue weighted by atomic mass is 9.99. The third-order valence-corrected chi connectivity index (χ3v) is 5.63. The Morgan fingerprint density at radius 2 is 1.79 bits per heavy atom. The number of amides is 1. The molecule has 1 fully saturated rings. The molecule has 8 heteroatoms. The van der Waals surface area contributed by atoms with Gasteiger partial charge in [0.2, 0.25) is 0 Å². The van der Waals surface area contributed by atoms with E-state index in [2.05, 4.69) is 59.1 Å². The van der Waals surface area contributed by atoms with Crippen LogP contribution in [0.3, 0.4) is 0 Å². The molecule has 0 saturated carbocycles. The second-order valence-corrected chi connectivity index (χ2v) is 10.0. The molecule has 1 N–H and O–H groups in total. The van der Waals surface area contributed by atoms with Crippen molar-refractivity contribution in [2.75, 3.05) is 70.2 Å². The zero-order chi connectivity index (χ0) is 23.8. The first kappa shape index (κ1) is 27.7. The zero-order valence-electron chi connectivity index (χ0n) is 21.2. The van der Waals surface area contributed by atoms with Gasteiger partial charge in [0.25, 0.3) is 5.91 Å². The lowest BCUT2D eigenvalue weighted by Crippen LogP contribution is -2.47. The largest absolute Gasteiger partial charge is 0.491 e. The first-order valence-corrected chi connectivity index (χ1v) is 11.8. The van der Waals surface area contributed by atoms with Crippen LogP contribution in [-0.4, -0.2) is 80.7 Å². The van der Waals surface area contributed by atoms with Gasteiger partial charge in [-0.3, -0.25) is 9.69 Å². The number of nitrogens with zero attached hydrogens (tertiary/aromatic N) is 4. The van der Waals surface area contributed by atoms with Crippen LogP contribution < -0.4 is 15.0 Å². The molecule has 188 valence electrons. The fraction of sp³-hybridized carbons (Fsp3) is 0.538. The third-order valence-electron chi connectivity index (χ3n) is 5.63. The van der Waals surface area contributed by atoms with Crippen LogP contribution in [0, 0.1) is 5.41 Å². The predicted molar refractivity (Wildman–Crippen MR) is 143 cm³/mol. The molecule has 1 aromatic carbocycles. The molecule has 1 aromatic heterocycles. The first-order chi connectivity index (χ1) is 15.7. The summed E-state index contributed by atoms with van der Waals surface area (Å²) in [7, 11) is 3.52. The molecule has 0 aliphatic carbocycles. The number of halogens is 1. The van der Waals surface area contributed by atoms with Crippen LogP contribution >= 0.6 is 12.4 Å². The molecule has 3 rings (SSSR count). The summed E-state index contributed by atoms with van der Waals surface area (Å²) in [6.07, 6.45) is 2.72. The highest BCUT2D eigenvalue weighted by Crippen LogP contribution is 2.30. The SMILES string of the molecule is CN(C)C(=O)c1cccnc1NCCCN1CCN(c2ccccc2OCC(C)(C)C)CC1.Cl. The Bertz CT molecular complexity index is 908. The Morgan fingerprint density at radius 3 is 2.47 bits per heavy atom. The van der Waals surface area contributed by atoms with E-state index in [-0.39, 0.29) is 23.7 Å². The number of piperazine rings is 1. The van der Waals surface area contributed by atoms with E-state index in [1.165, 1.54) is 5.69 Å². The number of pyridine rings is 1. The summed E-state index contributed by atoms with van der Waals surface area (Å²) in [5, 5.41) is 3.34. The average Bonchev–Trinajstić information content (AvgIpc) is 2.80. The van der Waals surface area contributed by atoms with Gasteiger partial charge in [-0.15, -0.1) is 12.4 Å². The van der Waals surface area contributed by atoms with Gasteiger partial charge in [-0.2, -0.15) is 0 Å². The standard InChI is InChI=1S/C26H39N5O2.ClH/c1-26(2,3)20-33-23-12-7-6-11-22(23)31-18-16-30(17-19-31)15-9-14-28-24-21(10-8-13-27-24)25(32)29(4)5;/h6-8,10-13H,9,14-20H2,1-5H3,(H,27,28);1H. The van der Waals surface area contributed by atoms with Gasteiger partial charge in [0, 0.05) is 53.0 Å². The number of rotatable bonds is 9. The number of aromatic nitrogens is 1. The van der Waals surface area contributed by atoms with Crippen molar-refractivity contribution in [3.63, 3.8) is 0 Å². The van der Waals surface area contributed by atoms with Crippen LogP contribution in [0.1, 0.15) is 37.6 Å². The van der Waals surface area contributed by atoms with Gasteiger partial charge >= 0.3 is 0 Å². The van der Waals surface area contributed by atoms with E-state index in [1.807, 2.05) is 12.1 Å².